The number of aromatic nitrogens is 1. The molecule has 7 heteroatoms. The minimum absolute atomic E-state index is 0.0133. The van der Waals surface area contributed by atoms with Gasteiger partial charge in [0.2, 0.25) is 0 Å². The maximum atomic E-state index is 12.9. The van der Waals surface area contributed by atoms with Crippen molar-refractivity contribution in [2.45, 2.75) is 38.1 Å². The van der Waals surface area contributed by atoms with E-state index in [2.05, 4.69) is 10.3 Å². The average molecular weight is 359 g/mol. The molecule has 0 spiro atoms. The van der Waals surface area contributed by atoms with Crippen molar-refractivity contribution in [1.29, 1.82) is 0 Å². The first-order valence-electron chi connectivity index (χ1n) is 9.53. The number of amides is 3. The number of carbonyl (C=O) groups excluding carboxylic acids is 2. The van der Waals surface area contributed by atoms with Gasteiger partial charge < -0.3 is 20.0 Å². The van der Waals surface area contributed by atoms with Gasteiger partial charge in [-0.05, 0) is 25.0 Å². The van der Waals surface area contributed by atoms with Crippen LogP contribution >= 0.6 is 0 Å². The van der Waals surface area contributed by atoms with Crippen molar-refractivity contribution in [3.05, 3.63) is 23.9 Å². The van der Waals surface area contributed by atoms with Gasteiger partial charge in [0.1, 0.15) is 5.82 Å². The Morgan fingerprint density at radius 3 is 2.38 bits per heavy atom. The molecule has 142 valence electrons. The van der Waals surface area contributed by atoms with Crippen molar-refractivity contribution in [1.82, 2.24) is 20.1 Å². The van der Waals surface area contributed by atoms with E-state index in [4.69, 9.17) is 0 Å². The quantitative estimate of drug-likeness (QED) is 0.896. The fourth-order valence-corrected chi connectivity index (χ4v) is 3.72. The van der Waals surface area contributed by atoms with Crippen molar-refractivity contribution < 1.29 is 9.59 Å². The lowest BCUT2D eigenvalue weighted by molar-refractivity contribution is 0.0663. The normalized spacial score (nSPS) is 18.5. The molecule has 1 N–H and O–H groups in total. The average Bonchev–Trinajstić information content (AvgIpc) is 2.68. The second-order valence-electron chi connectivity index (χ2n) is 7.33. The van der Waals surface area contributed by atoms with E-state index >= 15 is 0 Å². The lowest BCUT2D eigenvalue weighted by Gasteiger charge is -2.36. The van der Waals surface area contributed by atoms with Gasteiger partial charge in [-0.15, -0.1) is 0 Å². The fraction of sp³-hybridized carbons (Fsp3) is 0.632. The topological polar surface area (TPSA) is 68.8 Å². The Balaban J connectivity index is 1.55. The summed E-state index contributed by atoms with van der Waals surface area (Å²) in [6.07, 6.45) is 7.53. The van der Waals surface area contributed by atoms with Gasteiger partial charge in [-0.1, -0.05) is 19.3 Å². The highest BCUT2D eigenvalue weighted by molar-refractivity contribution is 5.99. The molecule has 2 fully saturated rings. The zero-order chi connectivity index (χ0) is 18.5. The molecule has 7 nitrogen and oxygen atoms in total. The number of carbonyl (C=O) groups is 2. The first kappa shape index (κ1) is 18.5. The van der Waals surface area contributed by atoms with Crippen LogP contribution in [0.4, 0.5) is 10.6 Å². The van der Waals surface area contributed by atoms with Crippen LogP contribution in [-0.2, 0) is 0 Å². The van der Waals surface area contributed by atoms with Crippen LogP contribution in [0.5, 0.6) is 0 Å². The molecule has 0 bridgehead atoms. The van der Waals surface area contributed by atoms with Gasteiger partial charge in [-0.3, -0.25) is 4.79 Å². The van der Waals surface area contributed by atoms with Gasteiger partial charge >= 0.3 is 6.03 Å². The third-order valence-corrected chi connectivity index (χ3v) is 5.23. The van der Waals surface area contributed by atoms with E-state index in [1.165, 1.54) is 19.3 Å². The Labute approximate surface area is 155 Å². The molecule has 1 saturated carbocycles. The number of nitrogens with one attached hydrogen (secondary N) is 1. The summed E-state index contributed by atoms with van der Waals surface area (Å²) >= 11 is 0. The lowest BCUT2D eigenvalue weighted by Crippen LogP contribution is -2.54. The monoisotopic (exact) mass is 359 g/mol. The number of urea groups is 1. The van der Waals surface area contributed by atoms with Crippen LogP contribution in [0.25, 0.3) is 0 Å². The SMILES string of the molecule is CN(C)c1ncccc1C(=O)N1CCN(C(=O)NC2CCCCC2)CC1. The predicted octanol–water partition coefficient (Wildman–Crippen LogP) is 1.95. The number of piperazine rings is 1. The highest BCUT2D eigenvalue weighted by Gasteiger charge is 2.27. The van der Waals surface area contributed by atoms with Crippen molar-refractivity contribution in [3.8, 4) is 0 Å². The summed E-state index contributed by atoms with van der Waals surface area (Å²) < 4.78 is 0. The zero-order valence-electron chi connectivity index (χ0n) is 15.8. The highest BCUT2D eigenvalue weighted by Crippen LogP contribution is 2.19. The molecule has 0 atom stereocenters. The second kappa shape index (κ2) is 8.38. The smallest absolute Gasteiger partial charge is 0.317 e. The molecule has 1 aromatic heterocycles. The van der Waals surface area contributed by atoms with E-state index in [9.17, 15) is 9.59 Å². The Bertz CT molecular complexity index is 635. The van der Waals surface area contributed by atoms with Gasteiger partial charge in [-0.25, -0.2) is 9.78 Å². The summed E-state index contributed by atoms with van der Waals surface area (Å²) in [4.78, 5) is 35.1. The van der Waals surface area contributed by atoms with Gasteiger partial charge in [0.05, 0.1) is 5.56 Å². The molecule has 3 rings (SSSR count). The summed E-state index contributed by atoms with van der Waals surface area (Å²) in [5.74, 6) is 0.657. The number of nitrogens with zero attached hydrogens (tertiary/aromatic N) is 4. The summed E-state index contributed by atoms with van der Waals surface area (Å²) in [6.45, 7) is 2.25. The minimum Gasteiger partial charge on any atom is -0.362 e. The van der Waals surface area contributed by atoms with E-state index in [1.807, 2.05) is 34.9 Å². The van der Waals surface area contributed by atoms with Crippen LogP contribution in [0.2, 0.25) is 0 Å². The van der Waals surface area contributed by atoms with Crippen LogP contribution in [-0.4, -0.2) is 73.0 Å². The van der Waals surface area contributed by atoms with Crippen LogP contribution in [0, 0.1) is 0 Å². The number of hydrogen-bond acceptors (Lipinski definition) is 4. The molecule has 0 unspecified atom stereocenters. The Morgan fingerprint density at radius 2 is 1.73 bits per heavy atom. The Hall–Kier alpha value is -2.31. The van der Waals surface area contributed by atoms with Gasteiger partial charge in [-0.2, -0.15) is 0 Å². The Morgan fingerprint density at radius 1 is 1.08 bits per heavy atom. The molecule has 26 heavy (non-hydrogen) atoms. The molecule has 2 aliphatic rings. The van der Waals surface area contributed by atoms with Gasteiger partial charge in [0.15, 0.2) is 0 Å². The second-order valence-corrected chi connectivity index (χ2v) is 7.33. The lowest BCUT2D eigenvalue weighted by atomic mass is 9.96. The molecule has 1 aliphatic carbocycles. The third-order valence-electron chi connectivity index (χ3n) is 5.23. The standard InChI is InChI=1S/C19H29N5O2/c1-22(2)17-16(9-6-10-20-17)18(25)23-11-13-24(14-12-23)19(26)21-15-7-4-3-5-8-15/h6,9-10,15H,3-5,7-8,11-14H2,1-2H3,(H,21,26). The number of anilines is 1. The molecule has 1 aromatic rings. The fourth-order valence-electron chi connectivity index (χ4n) is 3.72. The minimum atomic E-state index is -0.0193. The van der Waals surface area contributed by atoms with E-state index in [-0.39, 0.29) is 11.9 Å². The molecule has 0 radical (unpaired) electrons. The molecular formula is C19H29N5O2. The Kier molecular flexibility index (Phi) is 5.96. The van der Waals surface area contributed by atoms with E-state index in [0.29, 0.717) is 43.6 Å². The molecule has 2 heterocycles. The summed E-state index contributed by atoms with van der Waals surface area (Å²) in [5, 5.41) is 3.16. The maximum absolute atomic E-state index is 12.9. The molecule has 0 aromatic carbocycles. The van der Waals surface area contributed by atoms with Crippen LogP contribution in [0.3, 0.4) is 0 Å². The van der Waals surface area contributed by atoms with Crippen molar-refractivity contribution in [3.63, 3.8) is 0 Å². The summed E-state index contributed by atoms with van der Waals surface area (Å²) in [6, 6.07) is 3.93. The molecule has 1 aliphatic heterocycles. The highest BCUT2D eigenvalue weighted by atomic mass is 16.2. The van der Waals surface area contributed by atoms with Crippen molar-refractivity contribution >= 4 is 17.8 Å². The van der Waals surface area contributed by atoms with Crippen molar-refractivity contribution in [2.24, 2.45) is 0 Å². The van der Waals surface area contributed by atoms with Crippen LogP contribution in [0.15, 0.2) is 18.3 Å². The first-order valence-corrected chi connectivity index (χ1v) is 9.53. The number of rotatable bonds is 3. The van der Waals surface area contributed by atoms with Crippen molar-refractivity contribution in [2.75, 3.05) is 45.2 Å². The van der Waals surface area contributed by atoms with E-state index in [1.54, 1.807) is 12.3 Å². The van der Waals surface area contributed by atoms with Crippen LogP contribution < -0.4 is 10.2 Å². The molecule has 3 amide bonds. The number of pyridine rings is 1. The number of hydrogen-bond donors (Lipinski definition) is 1. The van der Waals surface area contributed by atoms with Gasteiger partial charge in [0.25, 0.3) is 5.91 Å². The maximum Gasteiger partial charge on any atom is 0.317 e. The van der Waals surface area contributed by atoms with Crippen LogP contribution in [0.1, 0.15) is 42.5 Å². The van der Waals surface area contributed by atoms with E-state index in [0.717, 1.165) is 12.8 Å². The first-order chi connectivity index (χ1) is 12.6. The largest absolute Gasteiger partial charge is 0.362 e. The van der Waals surface area contributed by atoms with Gasteiger partial charge in [0, 0.05) is 52.5 Å². The summed E-state index contributed by atoms with van der Waals surface area (Å²) in [7, 11) is 3.76. The molecular weight excluding hydrogens is 330 g/mol. The third kappa shape index (κ3) is 4.26. The summed E-state index contributed by atoms with van der Waals surface area (Å²) in [5.41, 5.74) is 0.609. The van der Waals surface area contributed by atoms with E-state index < -0.39 is 0 Å². The molecule has 1 saturated heterocycles. The zero-order valence-corrected chi connectivity index (χ0v) is 15.8. The predicted molar refractivity (Wildman–Crippen MR) is 101 cm³/mol.